The maximum absolute atomic E-state index is 13.0. The summed E-state index contributed by atoms with van der Waals surface area (Å²) in [5.41, 5.74) is 1.04. The molecular weight excluding hydrogens is 454 g/mol. The minimum atomic E-state index is -3.79. The largest absolute Gasteiger partial charge is 0.497 e. The zero-order valence-corrected chi connectivity index (χ0v) is 19.6. The molecule has 1 saturated heterocycles. The predicted molar refractivity (Wildman–Crippen MR) is 126 cm³/mol. The van der Waals surface area contributed by atoms with Crippen LogP contribution in [0.15, 0.2) is 70.0 Å². The van der Waals surface area contributed by atoms with Crippen molar-refractivity contribution in [1.82, 2.24) is 9.21 Å². The smallest absolute Gasteiger partial charge is 0.244 e. The lowest BCUT2D eigenvalue weighted by Crippen LogP contribution is -2.50. The fourth-order valence-electron chi connectivity index (χ4n) is 3.91. The molecule has 8 nitrogen and oxygen atoms in total. The molecule has 3 aromatic rings. The summed E-state index contributed by atoms with van der Waals surface area (Å²) in [4.78, 5) is 14.4. The lowest BCUT2D eigenvalue weighted by atomic mass is 10.2. The number of piperazine rings is 1. The van der Waals surface area contributed by atoms with Crippen LogP contribution in [-0.2, 0) is 21.2 Å². The van der Waals surface area contributed by atoms with Gasteiger partial charge in [-0.3, -0.25) is 4.79 Å². The zero-order valence-electron chi connectivity index (χ0n) is 18.8. The van der Waals surface area contributed by atoms with E-state index in [4.69, 9.17) is 9.15 Å². The van der Waals surface area contributed by atoms with Crippen LogP contribution in [0.3, 0.4) is 0 Å². The number of carbonyl (C=O) groups excluding carboxylic acids is 1. The third kappa shape index (κ3) is 4.98. The van der Waals surface area contributed by atoms with Gasteiger partial charge >= 0.3 is 0 Å². The Morgan fingerprint density at radius 1 is 1.03 bits per heavy atom. The number of sulfonamides is 1. The summed E-state index contributed by atoms with van der Waals surface area (Å²) in [5.74, 6) is 2.16. The van der Waals surface area contributed by atoms with Crippen LogP contribution in [0, 0.1) is 11.3 Å². The number of benzene rings is 2. The molecule has 176 valence electrons. The summed E-state index contributed by atoms with van der Waals surface area (Å²) < 4.78 is 38.3. The average molecular weight is 480 g/mol. The van der Waals surface area contributed by atoms with E-state index in [1.165, 1.54) is 16.4 Å². The molecule has 0 N–H and O–H groups in total. The van der Waals surface area contributed by atoms with Gasteiger partial charge < -0.3 is 14.1 Å². The Labute approximate surface area is 199 Å². The van der Waals surface area contributed by atoms with Crippen LogP contribution in [0.25, 0.3) is 11.3 Å². The number of furan rings is 1. The number of nitrogens with zero attached hydrogens (tertiary/aromatic N) is 3. The molecule has 34 heavy (non-hydrogen) atoms. The predicted octanol–water partition coefficient (Wildman–Crippen LogP) is 3.29. The maximum Gasteiger partial charge on any atom is 0.244 e. The van der Waals surface area contributed by atoms with E-state index in [0.717, 1.165) is 17.1 Å². The standard InChI is InChI=1S/C25H25N3O5S/c1-32-21-8-6-19(7-9-21)23-12-10-22(33-23)11-13-25(29)27-14-16-28(17-15-27)34(30,31)24-5-3-2-4-20(24)18-26/h2-10,12H,11,13-17H2,1H3. The molecule has 0 atom stereocenters. The number of rotatable bonds is 7. The summed E-state index contributed by atoms with van der Waals surface area (Å²) in [6.07, 6.45) is 0.739. The molecule has 2 aromatic carbocycles. The van der Waals surface area contributed by atoms with Gasteiger partial charge in [0.1, 0.15) is 23.3 Å². The Hall–Kier alpha value is -3.61. The number of hydrogen-bond acceptors (Lipinski definition) is 6. The molecule has 0 saturated carbocycles. The van der Waals surface area contributed by atoms with Crippen LogP contribution < -0.4 is 4.74 Å². The molecule has 1 aromatic heterocycles. The Balaban J connectivity index is 1.31. The fraction of sp³-hybridized carbons (Fsp3) is 0.280. The lowest BCUT2D eigenvalue weighted by Gasteiger charge is -2.34. The number of hydrogen-bond donors (Lipinski definition) is 0. The lowest BCUT2D eigenvalue weighted by molar-refractivity contribution is -0.132. The van der Waals surface area contributed by atoms with Crippen LogP contribution in [-0.4, -0.2) is 56.8 Å². The Kier molecular flexibility index (Phi) is 7.01. The van der Waals surface area contributed by atoms with E-state index in [1.807, 2.05) is 42.5 Å². The van der Waals surface area contributed by atoms with E-state index in [9.17, 15) is 18.5 Å². The highest BCUT2D eigenvalue weighted by molar-refractivity contribution is 7.89. The van der Waals surface area contributed by atoms with E-state index >= 15 is 0 Å². The second-order valence-electron chi connectivity index (χ2n) is 7.89. The molecule has 0 unspecified atom stereocenters. The average Bonchev–Trinajstić information content (AvgIpc) is 3.36. The minimum absolute atomic E-state index is 0.00256. The minimum Gasteiger partial charge on any atom is -0.497 e. The van der Waals surface area contributed by atoms with E-state index in [-0.39, 0.29) is 35.9 Å². The number of carbonyl (C=O) groups is 1. The third-order valence-corrected chi connectivity index (χ3v) is 7.79. The van der Waals surface area contributed by atoms with Crippen LogP contribution in [0.1, 0.15) is 17.7 Å². The van der Waals surface area contributed by atoms with Gasteiger partial charge in [0.25, 0.3) is 0 Å². The molecule has 0 bridgehead atoms. The second kappa shape index (κ2) is 10.1. The van der Waals surface area contributed by atoms with Crippen molar-refractivity contribution in [3.8, 4) is 23.1 Å². The van der Waals surface area contributed by atoms with Crippen LogP contribution >= 0.6 is 0 Å². The zero-order chi connectivity index (χ0) is 24.1. The summed E-state index contributed by atoms with van der Waals surface area (Å²) in [6.45, 7) is 0.997. The van der Waals surface area contributed by atoms with E-state index < -0.39 is 10.0 Å². The molecule has 2 heterocycles. The van der Waals surface area contributed by atoms with Crippen molar-refractivity contribution < 1.29 is 22.4 Å². The molecule has 0 radical (unpaired) electrons. The van der Waals surface area contributed by atoms with Gasteiger partial charge in [-0.2, -0.15) is 9.57 Å². The highest BCUT2D eigenvalue weighted by atomic mass is 32.2. The van der Waals surface area contributed by atoms with Crippen LogP contribution in [0.4, 0.5) is 0 Å². The van der Waals surface area contributed by atoms with Crippen LogP contribution in [0.5, 0.6) is 5.75 Å². The van der Waals surface area contributed by atoms with Crippen molar-refractivity contribution >= 4 is 15.9 Å². The monoisotopic (exact) mass is 479 g/mol. The SMILES string of the molecule is COc1ccc(-c2ccc(CCC(=O)N3CCN(S(=O)(=O)c4ccccc4C#N)CC3)o2)cc1. The number of aryl methyl sites for hydroxylation is 1. The van der Waals surface area contributed by atoms with Crippen molar-refractivity contribution in [1.29, 1.82) is 5.26 Å². The number of nitriles is 1. The van der Waals surface area contributed by atoms with Gasteiger partial charge in [0.2, 0.25) is 15.9 Å². The van der Waals surface area contributed by atoms with Crippen molar-refractivity contribution in [3.63, 3.8) is 0 Å². The second-order valence-corrected chi connectivity index (χ2v) is 9.79. The van der Waals surface area contributed by atoms with E-state index in [0.29, 0.717) is 25.3 Å². The summed E-state index contributed by atoms with van der Waals surface area (Å²) >= 11 is 0. The summed E-state index contributed by atoms with van der Waals surface area (Å²) in [6, 6.07) is 19.4. The van der Waals surface area contributed by atoms with Gasteiger partial charge in [-0.25, -0.2) is 8.42 Å². The van der Waals surface area contributed by atoms with Crippen molar-refractivity contribution in [2.45, 2.75) is 17.7 Å². The Morgan fingerprint density at radius 2 is 1.74 bits per heavy atom. The number of ether oxygens (including phenoxy) is 1. The summed E-state index contributed by atoms with van der Waals surface area (Å²) in [5, 5.41) is 9.24. The molecule has 1 amide bonds. The fourth-order valence-corrected chi connectivity index (χ4v) is 5.48. The third-order valence-electron chi connectivity index (χ3n) is 5.84. The highest BCUT2D eigenvalue weighted by Gasteiger charge is 2.31. The van der Waals surface area contributed by atoms with Crippen molar-refractivity contribution in [2.75, 3.05) is 33.3 Å². The van der Waals surface area contributed by atoms with Crippen molar-refractivity contribution in [3.05, 3.63) is 72.0 Å². The molecule has 1 aliphatic heterocycles. The molecule has 4 rings (SSSR count). The van der Waals surface area contributed by atoms with Gasteiger partial charge in [0, 0.05) is 44.6 Å². The first kappa shape index (κ1) is 23.5. The van der Waals surface area contributed by atoms with Crippen molar-refractivity contribution in [2.24, 2.45) is 0 Å². The quantitative estimate of drug-likeness (QED) is 0.515. The molecule has 1 fully saturated rings. The first-order chi connectivity index (χ1) is 16.4. The molecular formula is C25H25N3O5S. The topological polar surface area (TPSA) is 104 Å². The Bertz CT molecular complexity index is 1300. The van der Waals surface area contributed by atoms with Gasteiger partial charge in [0.05, 0.1) is 17.6 Å². The van der Waals surface area contributed by atoms with Crippen LogP contribution in [0.2, 0.25) is 0 Å². The normalized spacial score (nSPS) is 14.5. The molecule has 0 aliphatic carbocycles. The first-order valence-corrected chi connectivity index (χ1v) is 12.4. The summed E-state index contributed by atoms with van der Waals surface area (Å²) in [7, 11) is -2.17. The Morgan fingerprint density at radius 3 is 2.41 bits per heavy atom. The first-order valence-electron chi connectivity index (χ1n) is 10.9. The number of amides is 1. The maximum atomic E-state index is 13.0. The van der Waals surface area contributed by atoms with Gasteiger partial charge in [-0.1, -0.05) is 12.1 Å². The van der Waals surface area contributed by atoms with E-state index in [2.05, 4.69) is 0 Å². The van der Waals surface area contributed by atoms with Gasteiger partial charge in [-0.05, 0) is 48.5 Å². The van der Waals surface area contributed by atoms with E-state index in [1.54, 1.807) is 24.1 Å². The molecule has 0 spiro atoms. The van der Waals surface area contributed by atoms with Gasteiger partial charge in [0.15, 0.2) is 0 Å². The molecule has 1 aliphatic rings. The highest BCUT2D eigenvalue weighted by Crippen LogP contribution is 2.25. The molecule has 9 heteroatoms. The number of methoxy groups -OCH3 is 1. The van der Waals surface area contributed by atoms with Gasteiger partial charge in [-0.15, -0.1) is 0 Å².